The van der Waals surface area contributed by atoms with Crippen LogP contribution in [0.4, 0.5) is 0 Å². The number of nitrogens with one attached hydrogen (secondary N) is 1. The number of ether oxygens (including phenoxy) is 2. The molecular formula is C24H20ClN3O5S. The molecule has 8 nitrogen and oxygen atoms in total. The summed E-state index contributed by atoms with van der Waals surface area (Å²) in [4.78, 5) is 19.8. The zero-order valence-electron chi connectivity index (χ0n) is 17.9. The van der Waals surface area contributed by atoms with Gasteiger partial charge in [-0.2, -0.15) is 4.31 Å². The molecule has 1 N–H and O–H groups in total. The molecule has 4 aromatic rings. The Morgan fingerprint density at radius 2 is 1.76 bits per heavy atom. The minimum atomic E-state index is -4.04. The summed E-state index contributed by atoms with van der Waals surface area (Å²) in [5.74, 6) is 1.13. The van der Waals surface area contributed by atoms with Gasteiger partial charge in [-0.25, -0.2) is 8.42 Å². The Morgan fingerprint density at radius 1 is 1.00 bits per heavy atom. The number of benzene rings is 2. The van der Waals surface area contributed by atoms with Crippen molar-refractivity contribution in [3.63, 3.8) is 0 Å². The Balaban J connectivity index is 1.57. The number of halogens is 1. The van der Waals surface area contributed by atoms with E-state index in [0.29, 0.717) is 41.2 Å². The molecule has 5 rings (SSSR count). The van der Waals surface area contributed by atoms with Crippen molar-refractivity contribution in [2.45, 2.75) is 18.0 Å². The minimum Gasteiger partial charge on any atom is -0.486 e. The third-order valence-electron chi connectivity index (χ3n) is 5.47. The average molecular weight is 498 g/mol. The van der Waals surface area contributed by atoms with E-state index in [4.69, 9.17) is 21.1 Å². The van der Waals surface area contributed by atoms with E-state index < -0.39 is 15.6 Å². The maximum Gasteiger partial charge on any atom is 0.252 e. The highest BCUT2D eigenvalue weighted by molar-refractivity contribution is 7.89. The number of pyridine rings is 2. The van der Waals surface area contributed by atoms with Crippen LogP contribution in [-0.2, 0) is 23.1 Å². The van der Waals surface area contributed by atoms with Crippen LogP contribution < -0.4 is 15.0 Å². The molecule has 10 heteroatoms. The number of rotatable bonds is 6. The molecule has 2 aromatic heterocycles. The highest BCUT2D eigenvalue weighted by Crippen LogP contribution is 2.34. The lowest BCUT2D eigenvalue weighted by Gasteiger charge is -2.23. The zero-order valence-corrected chi connectivity index (χ0v) is 19.5. The van der Waals surface area contributed by atoms with Crippen LogP contribution in [0.15, 0.2) is 76.7 Å². The van der Waals surface area contributed by atoms with Crippen molar-refractivity contribution in [1.29, 1.82) is 0 Å². The van der Waals surface area contributed by atoms with Gasteiger partial charge in [-0.3, -0.25) is 9.78 Å². The molecule has 0 amide bonds. The van der Waals surface area contributed by atoms with Crippen molar-refractivity contribution < 1.29 is 17.9 Å². The lowest BCUT2D eigenvalue weighted by Crippen LogP contribution is -2.32. The molecule has 0 fully saturated rings. The summed E-state index contributed by atoms with van der Waals surface area (Å²) >= 11 is 6.22. The number of aromatic amines is 1. The van der Waals surface area contributed by atoms with Crippen LogP contribution in [-0.4, -0.2) is 35.9 Å². The molecule has 1 aliphatic heterocycles. The van der Waals surface area contributed by atoms with Crippen LogP contribution in [0.5, 0.6) is 11.5 Å². The van der Waals surface area contributed by atoms with E-state index in [1.807, 2.05) is 0 Å². The topological polar surface area (TPSA) is 102 Å². The van der Waals surface area contributed by atoms with Gasteiger partial charge in [0.25, 0.3) is 5.56 Å². The van der Waals surface area contributed by atoms with Crippen LogP contribution in [0.25, 0.3) is 10.9 Å². The highest BCUT2D eigenvalue weighted by Gasteiger charge is 2.28. The maximum absolute atomic E-state index is 13.6. The van der Waals surface area contributed by atoms with Crippen molar-refractivity contribution in [3.8, 4) is 11.5 Å². The second kappa shape index (κ2) is 9.09. The summed E-state index contributed by atoms with van der Waals surface area (Å²) in [7, 11) is -4.04. The molecule has 3 heterocycles. The Hall–Kier alpha value is -3.40. The van der Waals surface area contributed by atoms with Gasteiger partial charge >= 0.3 is 0 Å². The monoisotopic (exact) mass is 497 g/mol. The van der Waals surface area contributed by atoms with Crippen LogP contribution in [0.2, 0.25) is 5.02 Å². The number of sulfonamides is 1. The fourth-order valence-corrected chi connectivity index (χ4v) is 5.71. The zero-order chi connectivity index (χ0) is 23.7. The van der Waals surface area contributed by atoms with Gasteiger partial charge in [-0.05, 0) is 35.9 Å². The number of H-pyrrole nitrogens is 1. The molecular weight excluding hydrogens is 478 g/mol. The van der Waals surface area contributed by atoms with Gasteiger partial charge in [0.15, 0.2) is 11.5 Å². The lowest BCUT2D eigenvalue weighted by atomic mass is 10.1. The molecule has 0 atom stereocenters. The van der Waals surface area contributed by atoms with Gasteiger partial charge < -0.3 is 14.5 Å². The molecule has 0 saturated carbocycles. The molecule has 0 saturated heterocycles. The maximum atomic E-state index is 13.6. The first-order chi connectivity index (χ1) is 16.4. The van der Waals surface area contributed by atoms with Gasteiger partial charge in [0.1, 0.15) is 18.1 Å². The predicted octanol–water partition coefficient (Wildman–Crippen LogP) is 3.74. The molecule has 0 unspecified atom stereocenters. The van der Waals surface area contributed by atoms with E-state index in [2.05, 4.69) is 9.97 Å². The Kier molecular flexibility index (Phi) is 5.99. The van der Waals surface area contributed by atoms with E-state index >= 15 is 0 Å². The summed E-state index contributed by atoms with van der Waals surface area (Å²) in [5, 5.41) is 0.810. The quantitative estimate of drug-likeness (QED) is 0.435. The molecule has 34 heavy (non-hydrogen) atoms. The smallest absolute Gasteiger partial charge is 0.252 e. The normalized spacial score (nSPS) is 13.4. The summed E-state index contributed by atoms with van der Waals surface area (Å²) < 4.78 is 39.6. The number of hydrogen-bond acceptors (Lipinski definition) is 6. The SMILES string of the molecule is O=c1[nH]c2cc3c(cc2cc1CN(Cc1cccnc1)S(=O)(=O)c1ccccc1Cl)OCCO3. The third kappa shape index (κ3) is 4.37. The number of nitrogens with zero attached hydrogens (tertiary/aromatic N) is 2. The van der Waals surface area contributed by atoms with Gasteiger partial charge in [0.2, 0.25) is 10.0 Å². The van der Waals surface area contributed by atoms with E-state index in [1.54, 1.807) is 54.9 Å². The van der Waals surface area contributed by atoms with Crippen molar-refractivity contribution in [2.24, 2.45) is 0 Å². The van der Waals surface area contributed by atoms with Crippen molar-refractivity contribution >= 4 is 32.5 Å². The average Bonchev–Trinajstić information content (AvgIpc) is 2.83. The summed E-state index contributed by atoms with van der Waals surface area (Å²) in [6, 6.07) is 14.9. The van der Waals surface area contributed by atoms with E-state index in [-0.39, 0.29) is 28.6 Å². The Labute approximate surface area is 200 Å². The van der Waals surface area contributed by atoms with Crippen LogP contribution in [0, 0.1) is 0 Å². The first kappa shape index (κ1) is 22.4. The van der Waals surface area contributed by atoms with Crippen molar-refractivity contribution in [2.75, 3.05) is 13.2 Å². The molecule has 2 aromatic carbocycles. The summed E-state index contributed by atoms with van der Waals surface area (Å²) in [6.07, 6.45) is 3.19. The lowest BCUT2D eigenvalue weighted by molar-refractivity contribution is 0.172. The van der Waals surface area contributed by atoms with E-state index in [9.17, 15) is 13.2 Å². The molecule has 0 spiro atoms. The van der Waals surface area contributed by atoms with Gasteiger partial charge in [0.05, 0.1) is 10.5 Å². The molecule has 0 aliphatic carbocycles. The second-order valence-electron chi connectivity index (χ2n) is 7.77. The van der Waals surface area contributed by atoms with E-state index in [0.717, 1.165) is 0 Å². The third-order valence-corrected chi connectivity index (χ3v) is 7.76. The van der Waals surface area contributed by atoms with Crippen LogP contribution in [0.1, 0.15) is 11.1 Å². The first-order valence-electron chi connectivity index (χ1n) is 10.5. The second-order valence-corrected chi connectivity index (χ2v) is 10.1. The molecule has 0 radical (unpaired) electrons. The van der Waals surface area contributed by atoms with Crippen molar-refractivity contribution in [3.05, 3.63) is 93.5 Å². The number of fused-ring (bicyclic) bond motifs is 2. The standard InChI is InChI=1S/C24H20ClN3O5S/c25-19-5-1-2-6-23(19)34(30,31)28(14-16-4-3-7-26-13-16)15-18-10-17-11-21-22(33-9-8-32-21)12-20(17)27-24(18)29/h1-7,10-13H,8-9,14-15H2,(H,27,29). The highest BCUT2D eigenvalue weighted by atomic mass is 35.5. The Bertz CT molecular complexity index is 1520. The van der Waals surface area contributed by atoms with Crippen LogP contribution in [0.3, 0.4) is 0 Å². The van der Waals surface area contributed by atoms with Gasteiger partial charge in [0, 0.05) is 42.5 Å². The van der Waals surface area contributed by atoms with Crippen LogP contribution >= 0.6 is 11.6 Å². The van der Waals surface area contributed by atoms with Gasteiger partial charge in [-0.15, -0.1) is 0 Å². The summed E-state index contributed by atoms with van der Waals surface area (Å²) in [6.45, 7) is 0.718. The number of aromatic nitrogens is 2. The summed E-state index contributed by atoms with van der Waals surface area (Å²) in [5.41, 5.74) is 1.14. The fraction of sp³-hybridized carbons (Fsp3) is 0.167. The largest absolute Gasteiger partial charge is 0.486 e. The Morgan fingerprint density at radius 3 is 2.50 bits per heavy atom. The number of hydrogen-bond donors (Lipinski definition) is 1. The fourth-order valence-electron chi connectivity index (χ4n) is 3.81. The van der Waals surface area contributed by atoms with E-state index in [1.165, 1.54) is 16.4 Å². The molecule has 0 bridgehead atoms. The predicted molar refractivity (Wildman–Crippen MR) is 128 cm³/mol. The van der Waals surface area contributed by atoms with Crippen molar-refractivity contribution in [1.82, 2.24) is 14.3 Å². The molecule has 1 aliphatic rings. The van der Waals surface area contributed by atoms with Gasteiger partial charge in [-0.1, -0.05) is 29.8 Å². The first-order valence-corrected chi connectivity index (χ1v) is 12.3. The minimum absolute atomic E-state index is 0.0139. The molecule has 174 valence electrons.